The zero-order valence-electron chi connectivity index (χ0n) is 16.4. The van der Waals surface area contributed by atoms with Gasteiger partial charge in [0, 0.05) is 45.8 Å². The fraction of sp³-hybridized carbons (Fsp3) is 0.600. The van der Waals surface area contributed by atoms with Crippen LogP contribution in [0.5, 0.6) is 5.75 Å². The first-order valence-corrected chi connectivity index (χ1v) is 9.90. The van der Waals surface area contributed by atoms with Crippen molar-refractivity contribution >= 4 is 6.09 Å². The van der Waals surface area contributed by atoms with Crippen LogP contribution in [0.2, 0.25) is 0 Å². The van der Waals surface area contributed by atoms with E-state index in [4.69, 9.17) is 19.8 Å². The molecule has 29 heavy (non-hydrogen) atoms. The van der Waals surface area contributed by atoms with Gasteiger partial charge in [0.25, 0.3) is 0 Å². The molecule has 158 valence electrons. The van der Waals surface area contributed by atoms with Crippen molar-refractivity contribution < 1.29 is 24.5 Å². The number of morpholine rings is 2. The summed E-state index contributed by atoms with van der Waals surface area (Å²) in [6.45, 7) is 5.17. The third-order valence-corrected chi connectivity index (χ3v) is 5.05. The lowest BCUT2D eigenvalue weighted by Gasteiger charge is -2.46. The number of nitrogens with zero attached hydrogens (tertiary/aromatic N) is 3. The number of aliphatic hydroxyl groups is 1. The summed E-state index contributed by atoms with van der Waals surface area (Å²) in [4.78, 5) is 15.0. The van der Waals surface area contributed by atoms with E-state index in [0.29, 0.717) is 24.4 Å². The molecule has 2 heterocycles. The van der Waals surface area contributed by atoms with Crippen LogP contribution in [-0.2, 0) is 4.74 Å². The number of ether oxygens (including phenoxy) is 2. The maximum atomic E-state index is 10.5. The molecule has 2 aliphatic rings. The van der Waals surface area contributed by atoms with Crippen LogP contribution < -0.4 is 10.1 Å². The predicted octanol–water partition coefficient (Wildman–Crippen LogP) is 0.341. The van der Waals surface area contributed by atoms with Crippen LogP contribution >= 0.6 is 0 Å². The van der Waals surface area contributed by atoms with Crippen molar-refractivity contribution in [3.05, 3.63) is 29.8 Å². The first-order valence-electron chi connectivity index (χ1n) is 9.90. The lowest BCUT2D eigenvalue weighted by molar-refractivity contribution is -0.143. The third kappa shape index (κ3) is 6.87. The normalized spacial score (nSPS) is 23.2. The second-order valence-electron chi connectivity index (χ2n) is 7.54. The molecule has 0 saturated carbocycles. The standard InChI is InChI=1S/C20H28N4O5/c21-8-15-2-4-17(5-3-15)28-14-16(25)9-24-12-18-10-23(11-19(13-24)29-18)7-1-6-22-20(26)27/h2-5,16,18-19,22,25H,1,6-7,9-14H2,(H,26,27). The molecule has 3 N–H and O–H groups in total. The molecule has 2 bridgehead atoms. The third-order valence-electron chi connectivity index (χ3n) is 5.05. The minimum atomic E-state index is -0.985. The lowest BCUT2D eigenvalue weighted by Crippen LogP contribution is -2.60. The van der Waals surface area contributed by atoms with Crippen molar-refractivity contribution in [3.63, 3.8) is 0 Å². The smallest absolute Gasteiger partial charge is 0.404 e. The molecular formula is C20H28N4O5. The van der Waals surface area contributed by atoms with Crippen LogP contribution in [0.3, 0.4) is 0 Å². The van der Waals surface area contributed by atoms with Gasteiger partial charge in [-0.15, -0.1) is 0 Å². The molecule has 0 aromatic heterocycles. The van der Waals surface area contributed by atoms with Gasteiger partial charge in [-0.05, 0) is 30.7 Å². The van der Waals surface area contributed by atoms with E-state index in [1.54, 1.807) is 24.3 Å². The Morgan fingerprint density at radius 3 is 2.52 bits per heavy atom. The average molecular weight is 404 g/mol. The number of rotatable bonds is 9. The molecule has 0 aliphatic carbocycles. The van der Waals surface area contributed by atoms with Crippen LogP contribution in [0, 0.1) is 11.3 Å². The number of hydrogen-bond donors (Lipinski definition) is 3. The van der Waals surface area contributed by atoms with E-state index in [9.17, 15) is 9.90 Å². The molecule has 1 amide bonds. The van der Waals surface area contributed by atoms with Gasteiger partial charge in [0.15, 0.2) is 0 Å². The number of carbonyl (C=O) groups is 1. The molecule has 2 saturated heterocycles. The first kappa shape index (κ1) is 21.3. The molecular weight excluding hydrogens is 376 g/mol. The number of fused-ring (bicyclic) bond motifs is 2. The highest BCUT2D eigenvalue weighted by molar-refractivity contribution is 5.64. The van der Waals surface area contributed by atoms with Gasteiger partial charge >= 0.3 is 6.09 Å². The SMILES string of the molecule is N#Cc1ccc(OCC(O)CN2CC3CN(CCCNC(=O)O)CC(C2)O3)cc1. The molecule has 0 radical (unpaired) electrons. The Hall–Kier alpha value is -2.38. The van der Waals surface area contributed by atoms with Crippen molar-refractivity contribution in [2.75, 3.05) is 52.4 Å². The summed E-state index contributed by atoms with van der Waals surface area (Å²) in [5, 5.41) is 30.2. The van der Waals surface area contributed by atoms with Crippen LogP contribution in [-0.4, -0.2) is 96.8 Å². The van der Waals surface area contributed by atoms with Crippen molar-refractivity contribution in [2.45, 2.75) is 24.7 Å². The van der Waals surface area contributed by atoms with E-state index in [1.165, 1.54) is 0 Å². The van der Waals surface area contributed by atoms with E-state index in [-0.39, 0.29) is 18.8 Å². The van der Waals surface area contributed by atoms with Crippen LogP contribution in [0.25, 0.3) is 0 Å². The molecule has 9 nitrogen and oxygen atoms in total. The van der Waals surface area contributed by atoms with E-state index in [1.807, 2.05) is 0 Å². The zero-order chi connectivity index (χ0) is 20.6. The number of nitriles is 1. The van der Waals surface area contributed by atoms with Crippen LogP contribution in [0.4, 0.5) is 4.79 Å². The summed E-state index contributed by atoms with van der Waals surface area (Å²) in [6.07, 6.45) is -0.618. The summed E-state index contributed by atoms with van der Waals surface area (Å²) in [6, 6.07) is 8.89. The van der Waals surface area contributed by atoms with Crippen molar-refractivity contribution in [2.24, 2.45) is 0 Å². The Kier molecular flexibility index (Phi) is 7.66. The van der Waals surface area contributed by atoms with Gasteiger partial charge < -0.3 is 25.0 Å². The van der Waals surface area contributed by atoms with Gasteiger partial charge in [-0.2, -0.15) is 5.26 Å². The maximum absolute atomic E-state index is 10.5. The molecule has 3 atom stereocenters. The molecule has 1 aromatic rings. The summed E-state index contributed by atoms with van der Waals surface area (Å²) in [5.74, 6) is 0.634. The molecule has 2 aliphatic heterocycles. The van der Waals surface area contributed by atoms with E-state index in [2.05, 4.69) is 21.2 Å². The second kappa shape index (κ2) is 10.4. The molecule has 0 spiro atoms. The molecule has 3 unspecified atom stereocenters. The number of benzene rings is 1. The highest BCUT2D eigenvalue weighted by Crippen LogP contribution is 2.20. The number of nitrogens with one attached hydrogen (secondary N) is 1. The Labute approximate surface area is 170 Å². The minimum Gasteiger partial charge on any atom is -0.491 e. The summed E-state index contributed by atoms with van der Waals surface area (Å²) >= 11 is 0. The van der Waals surface area contributed by atoms with Crippen LogP contribution in [0.1, 0.15) is 12.0 Å². The van der Waals surface area contributed by atoms with E-state index in [0.717, 1.165) is 39.1 Å². The minimum absolute atomic E-state index is 0.0987. The topological polar surface area (TPSA) is 118 Å². The Morgan fingerprint density at radius 2 is 1.90 bits per heavy atom. The van der Waals surface area contributed by atoms with Crippen molar-refractivity contribution in [3.8, 4) is 11.8 Å². The van der Waals surface area contributed by atoms with Gasteiger partial charge in [0.1, 0.15) is 18.5 Å². The number of β-amino-alcohol motifs (C(OH)–C–C–N with tert-alkyl or cyclic N) is 1. The largest absolute Gasteiger partial charge is 0.491 e. The van der Waals surface area contributed by atoms with Gasteiger partial charge in [-0.3, -0.25) is 9.80 Å². The summed E-state index contributed by atoms with van der Waals surface area (Å²) < 4.78 is 11.6. The Morgan fingerprint density at radius 1 is 1.24 bits per heavy atom. The van der Waals surface area contributed by atoms with Gasteiger partial charge in [-0.1, -0.05) is 0 Å². The van der Waals surface area contributed by atoms with E-state index >= 15 is 0 Å². The van der Waals surface area contributed by atoms with Gasteiger partial charge in [-0.25, -0.2) is 4.79 Å². The van der Waals surface area contributed by atoms with Crippen molar-refractivity contribution in [1.29, 1.82) is 5.26 Å². The summed E-state index contributed by atoms with van der Waals surface area (Å²) in [5.41, 5.74) is 0.574. The first-order chi connectivity index (χ1) is 14.0. The lowest BCUT2D eigenvalue weighted by atomic mass is 10.1. The predicted molar refractivity (Wildman–Crippen MR) is 105 cm³/mol. The van der Waals surface area contributed by atoms with Crippen LogP contribution in [0.15, 0.2) is 24.3 Å². The van der Waals surface area contributed by atoms with E-state index < -0.39 is 12.2 Å². The molecule has 3 rings (SSSR count). The molecule has 2 fully saturated rings. The quantitative estimate of drug-likeness (QED) is 0.504. The molecule has 1 aromatic carbocycles. The van der Waals surface area contributed by atoms with Gasteiger partial charge in [0.2, 0.25) is 0 Å². The van der Waals surface area contributed by atoms with Gasteiger partial charge in [0.05, 0.1) is 23.8 Å². The second-order valence-corrected chi connectivity index (χ2v) is 7.54. The summed E-state index contributed by atoms with van der Waals surface area (Å²) in [7, 11) is 0. The number of amides is 1. The zero-order valence-corrected chi connectivity index (χ0v) is 16.4. The van der Waals surface area contributed by atoms with Crippen molar-refractivity contribution in [1.82, 2.24) is 15.1 Å². The fourth-order valence-corrected chi connectivity index (χ4v) is 3.86. The number of carboxylic acid groups (broad SMARTS) is 1. The fourth-order valence-electron chi connectivity index (χ4n) is 3.86. The Bertz CT molecular complexity index is 694. The number of hydrogen-bond acceptors (Lipinski definition) is 7. The monoisotopic (exact) mass is 404 g/mol. The highest BCUT2D eigenvalue weighted by Gasteiger charge is 2.35. The molecule has 9 heteroatoms. The maximum Gasteiger partial charge on any atom is 0.404 e. The highest BCUT2D eigenvalue weighted by atomic mass is 16.5. The Balaban J connectivity index is 1.37. The number of aliphatic hydroxyl groups excluding tert-OH is 1. The average Bonchev–Trinajstić information content (AvgIpc) is 2.69.